The molecule has 0 spiro atoms. The first-order valence-corrected chi connectivity index (χ1v) is 7.04. The van der Waals surface area contributed by atoms with Crippen LogP contribution in [0.1, 0.15) is 44.2 Å². The molecule has 0 heterocycles. The maximum Gasteiger partial charge on any atom is 0.323 e. The van der Waals surface area contributed by atoms with Gasteiger partial charge in [-0.3, -0.25) is 4.79 Å². The van der Waals surface area contributed by atoms with E-state index in [0.29, 0.717) is 6.42 Å². The third-order valence-corrected chi connectivity index (χ3v) is 3.30. The van der Waals surface area contributed by atoms with E-state index in [-0.39, 0.29) is 12.1 Å². The molecule has 1 aromatic rings. The van der Waals surface area contributed by atoms with Gasteiger partial charge in [0.25, 0.3) is 0 Å². The van der Waals surface area contributed by atoms with Crippen molar-refractivity contribution in [2.75, 3.05) is 0 Å². The Morgan fingerprint density at radius 1 is 1.32 bits per heavy atom. The van der Waals surface area contributed by atoms with Crippen LogP contribution in [0.2, 0.25) is 0 Å². The quantitative estimate of drug-likeness (QED) is 0.769. The molecule has 1 aromatic carbocycles. The summed E-state index contributed by atoms with van der Waals surface area (Å²) in [7, 11) is 0. The molecule has 106 valence electrons. The van der Waals surface area contributed by atoms with E-state index >= 15 is 0 Å². The van der Waals surface area contributed by atoms with Crippen LogP contribution in [0.5, 0.6) is 0 Å². The molecule has 1 rings (SSSR count). The average molecular weight is 263 g/mol. The molecule has 0 saturated carbocycles. The molecule has 0 aliphatic rings. The lowest BCUT2D eigenvalue weighted by Crippen LogP contribution is -2.34. The van der Waals surface area contributed by atoms with Gasteiger partial charge in [-0.15, -0.1) is 0 Å². The van der Waals surface area contributed by atoms with E-state index in [1.165, 1.54) is 11.1 Å². The van der Waals surface area contributed by atoms with Crippen LogP contribution in [0.3, 0.4) is 0 Å². The fraction of sp³-hybridized carbons (Fsp3) is 0.562. The highest BCUT2D eigenvalue weighted by Gasteiger charge is 2.16. The molecule has 2 unspecified atom stereocenters. The molecule has 19 heavy (non-hydrogen) atoms. The Morgan fingerprint density at radius 3 is 2.53 bits per heavy atom. The summed E-state index contributed by atoms with van der Waals surface area (Å²) >= 11 is 0. The molecular formula is C16H25NO2. The Bertz CT molecular complexity index is 386. The number of esters is 1. The number of hydrogen-bond acceptors (Lipinski definition) is 3. The summed E-state index contributed by atoms with van der Waals surface area (Å²) in [6.45, 7) is 5.95. The van der Waals surface area contributed by atoms with Gasteiger partial charge >= 0.3 is 5.97 Å². The minimum Gasteiger partial charge on any atom is -0.462 e. The number of aryl methyl sites for hydroxylation is 2. The lowest BCUT2D eigenvalue weighted by Gasteiger charge is -2.15. The molecule has 2 N–H and O–H groups in total. The van der Waals surface area contributed by atoms with Crippen LogP contribution in [0.25, 0.3) is 0 Å². The van der Waals surface area contributed by atoms with Gasteiger partial charge < -0.3 is 10.5 Å². The van der Waals surface area contributed by atoms with Crippen molar-refractivity contribution < 1.29 is 9.53 Å². The van der Waals surface area contributed by atoms with E-state index < -0.39 is 6.04 Å². The van der Waals surface area contributed by atoms with Crippen molar-refractivity contribution in [3.8, 4) is 0 Å². The van der Waals surface area contributed by atoms with Gasteiger partial charge in [-0.25, -0.2) is 0 Å². The lowest BCUT2D eigenvalue weighted by molar-refractivity contribution is -0.150. The molecule has 3 nitrogen and oxygen atoms in total. The Hall–Kier alpha value is -1.35. The number of nitrogens with two attached hydrogens (primary N) is 1. The Morgan fingerprint density at radius 2 is 1.95 bits per heavy atom. The summed E-state index contributed by atoms with van der Waals surface area (Å²) in [5, 5.41) is 0. The van der Waals surface area contributed by atoms with Crippen molar-refractivity contribution in [1.29, 1.82) is 0 Å². The van der Waals surface area contributed by atoms with Crippen molar-refractivity contribution in [3.63, 3.8) is 0 Å². The van der Waals surface area contributed by atoms with Crippen molar-refractivity contribution in [1.82, 2.24) is 0 Å². The predicted octanol–water partition coefficient (Wildman–Crippen LogP) is 2.99. The molecule has 3 heteroatoms. The van der Waals surface area contributed by atoms with Crippen LogP contribution >= 0.6 is 0 Å². The van der Waals surface area contributed by atoms with E-state index in [4.69, 9.17) is 10.5 Å². The zero-order chi connectivity index (χ0) is 14.3. The Kier molecular flexibility index (Phi) is 6.57. The molecule has 0 aromatic heterocycles. The average Bonchev–Trinajstić information content (AvgIpc) is 2.40. The van der Waals surface area contributed by atoms with Gasteiger partial charge in [0.2, 0.25) is 0 Å². The Labute approximate surface area is 116 Å². The van der Waals surface area contributed by atoms with E-state index in [0.717, 1.165) is 19.3 Å². The van der Waals surface area contributed by atoms with Gasteiger partial charge in [0, 0.05) is 0 Å². The standard InChI is InChI=1S/C16H25NO2/c1-4-13(3)19-16(18)15(17)7-5-6-14-10-8-12(2)9-11-14/h8-11,13,15H,4-7,17H2,1-3H3. The highest BCUT2D eigenvalue weighted by atomic mass is 16.5. The zero-order valence-electron chi connectivity index (χ0n) is 12.2. The summed E-state index contributed by atoms with van der Waals surface area (Å²) in [6, 6.07) is 7.95. The number of carbonyl (C=O) groups excluding carboxylic acids is 1. The minimum absolute atomic E-state index is 0.0457. The second-order valence-corrected chi connectivity index (χ2v) is 5.14. The number of rotatable bonds is 7. The van der Waals surface area contributed by atoms with Crippen molar-refractivity contribution in [3.05, 3.63) is 35.4 Å². The molecule has 0 fully saturated rings. The van der Waals surface area contributed by atoms with Gasteiger partial charge in [0.05, 0.1) is 6.10 Å². The highest BCUT2D eigenvalue weighted by molar-refractivity contribution is 5.75. The van der Waals surface area contributed by atoms with E-state index in [1.54, 1.807) is 0 Å². The van der Waals surface area contributed by atoms with Crippen LogP contribution in [0, 0.1) is 6.92 Å². The van der Waals surface area contributed by atoms with Crippen LogP contribution in [0.15, 0.2) is 24.3 Å². The first kappa shape index (κ1) is 15.7. The number of carbonyl (C=O) groups is 1. The first-order chi connectivity index (χ1) is 9.02. The second kappa shape index (κ2) is 7.95. The van der Waals surface area contributed by atoms with Gasteiger partial charge in [0.15, 0.2) is 0 Å². The van der Waals surface area contributed by atoms with E-state index in [1.807, 2.05) is 13.8 Å². The van der Waals surface area contributed by atoms with E-state index in [9.17, 15) is 4.79 Å². The molecule has 0 saturated heterocycles. The van der Waals surface area contributed by atoms with Crippen molar-refractivity contribution >= 4 is 5.97 Å². The van der Waals surface area contributed by atoms with Gasteiger partial charge in [-0.1, -0.05) is 36.8 Å². The first-order valence-electron chi connectivity index (χ1n) is 7.04. The summed E-state index contributed by atoms with van der Waals surface area (Å²) in [6.07, 6.45) is 3.30. The highest BCUT2D eigenvalue weighted by Crippen LogP contribution is 2.09. The molecule has 0 aliphatic carbocycles. The van der Waals surface area contributed by atoms with Gasteiger partial charge in [0.1, 0.15) is 6.04 Å². The van der Waals surface area contributed by atoms with Crippen LogP contribution in [-0.4, -0.2) is 18.1 Å². The topological polar surface area (TPSA) is 52.3 Å². The molecular weight excluding hydrogens is 238 g/mol. The molecule has 2 atom stereocenters. The zero-order valence-corrected chi connectivity index (χ0v) is 12.2. The maximum absolute atomic E-state index is 11.7. The molecule has 0 radical (unpaired) electrons. The second-order valence-electron chi connectivity index (χ2n) is 5.14. The van der Waals surface area contributed by atoms with Crippen molar-refractivity contribution in [2.24, 2.45) is 5.73 Å². The van der Waals surface area contributed by atoms with Crippen molar-refractivity contribution in [2.45, 2.75) is 58.6 Å². The number of benzene rings is 1. The third kappa shape index (κ3) is 5.88. The maximum atomic E-state index is 11.7. The summed E-state index contributed by atoms with van der Waals surface area (Å²) in [4.78, 5) is 11.7. The monoisotopic (exact) mass is 263 g/mol. The minimum atomic E-state index is -0.501. The summed E-state index contributed by atoms with van der Waals surface area (Å²) in [5.74, 6) is -0.279. The fourth-order valence-corrected chi connectivity index (χ4v) is 1.77. The summed E-state index contributed by atoms with van der Waals surface area (Å²) in [5.41, 5.74) is 8.38. The summed E-state index contributed by atoms with van der Waals surface area (Å²) < 4.78 is 5.22. The molecule has 0 amide bonds. The SMILES string of the molecule is CCC(C)OC(=O)C(N)CCCc1ccc(C)cc1. The van der Waals surface area contributed by atoms with Gasteiger partial charge in [-0.2, -0.15) is 0 Å². The van der Waals surface area contributed by atoms with Crippen LogP contribution < -0.4 is 5.73 Å². The number of ether oxygens (including phenoxy) is 1. The third-order valence-electron chi connectivity index (χ3n) is 3.30. The number of hydrogen-bond donors (Lipinski definition) is 1. The smallest absolute Gasteiger partial charge is 0.323 e. The molecule has 0 aliphatic heterocycles. The predicted molar refractivity (Wildman–Crippen MR) is 77.9 cm³/mol. The van der Waals surface area contributed by atoms with Crippen LogP contribution in [0.4, 0.5) is 0 Å². The normalized spacial score (nSPS) is 13.9. The van der Waals surface area contributed by atoms with Gasteiger partial charge in [-0.05, 0) is 45.1 Å². The fourth-order valence-electron chi connectivity index (χ4n) is 1.77. The molecule has 0 bridgehead atoms. The largest absolute Gasteiger partial charge is 0.462 e. The van der Waals surface area contributed by atoms with Crippen LogP contribution in [-0.2, 0) is 16.0 Å². The Balaban J connectivity index is 2.28. The van der Waals surface area contributed by atoms with E-state index in [2.05, 4.69) is 31.2 Å². The lowest BCUT2D eigenvalue weighted by atomic mass is 10.0.